The van der Waals surface area contributed by atoms with E-state index in [9.17, 15) is 17.6 Å². The molecule has 3 heterocycles. The fourth-order valence-corrected chi connectivity index (χ4v) is 6.13. The molecule has 0 atom stereocenters. The minimum atomic E-state index is -4.60. The largest absolute Gasteiger partial charge is 0.461 e. The van der Waals surface area contributed by atoms with Crippen LogP contribution in [-0.2, 0) is 26.2 Å². The molecule has 1 aliphatic rings. The number of hydrogen-bond acceptors (Lipinski definition) is 6. The van der Waals surface area contributed by atoms with E-state index in [0.29, 0.717) is 36.7 Å². The van der Waals surface area contributed by atoms with Gasteiger partial charge in [-0.2, -0.15) is 28.9 Å². The van der Waals surface area contributed by atoms with Crippen molar-refractivity contribution in [2.75, 3.05) is 6.79 Å². The summed E-state index contributed by atoms with van der Waals surface area (Å²) in [7, 11) is 0. The number of hydrogen-bond donors (Lipinski definition) is 0. The third kappa shape index (κ3) is 7.21. The molecule has 6 rings (SSSR count). The topological polar surface area (TPSA) is 48.8 Å². The molecular weight excluding hydrogens is 618 g/mol. The number of fused-ring (bicyclic) bond motifs is 1. The Bertz CT molecular complexity index is 1750. The number of aromatic nitrogens is 2. The number of nitrogens with zero attached hydrogens (tertiary/aromatic N) is 3. The summed E-state index contributed by atoms with van der Waals surface area (Å²) in [6, 6.07) is 23.8. The molecule has 240 valence electrons. The number of benzene rings is 3. The summed E-state index contributed by atoms with van der Waals surface area (Å²) in [5.74, 6) is 1.87. The second kappa shape index (κ2) is 14.0. The van der Waals surface area contributed by atoms with Crippen molar-refractivity contribution in [3.05, 3.63) is 106 Å². The first kappa shape index (κ1) is 31.6. The molecule has 0 unspecified atom stereocenters. The first-order valence-electron chi connectivity index (χ1n) is 15.0. The third-order valence-corrected chi connectivity index (χ3v) is 8.35. The van der Waals surface area contributed by atoms with E-state index in [2.05, 4.69) is 44.7 Å². The molecule has 0 fully saturated rings. The highest BCUT2D eigenvalue weighted by Gasteiger charge is 2.44. The Kier molecular flexibility index (Phi) is 9.60. The minimum absolute atomic E-state index is 0.154. The standard InChI is InChI=1S/C35H33F4N3O3S/c1-2-3-15-42-29(32(27-14-16-46-22-27)40-33(42)26-9-5-4-6-10-26)21-41(20-25-12-13-30-31(18-25)44-23-43-30)19-24-8-7-11-28(17-24)45-35(38,39)34(36)37/h4-14,16-18,22,34H,2-3,15,19-21,23H2,1H3. The Morgan fingerprint density at radius 3 is 2.43 bits per heavy atom. The van der Waals surface area contributed by atoms with Gasteiger partial charge >= 0.3 is 12.5 Å². The molecule has 6 nitrogen and oxygen atoms in total. The molecule has 1 aliphatic heterocycles. The molecule has 0 amide bonds. The number of alkyl halides is 4. The average Bonchev–Trinajstić information content (AvgIpc) is 3.81. The van der Waals surface area contributed by atoms with Crippen molar-refractivity contribution in [2.24, 2.45) is 0 Å². The molecule has 0 saturated heterocycles. The molecule has 3 aromatic carbocycles. The molecule has 2 aromatic heterocycles. The Morgan fingerprint density at radius 2 is 1.70 bits per heavy atom. The smallest absolute Gasteiger partial charge is 0.454 e. The highest BCUT2D eigenvalue weighted by Crippen LogP contribution is 2.36. The van der Waals surface area contributed by atoms with Gasteiger partial charge in [0.15, 0.2) is 11.5 Å². The first-order chi connectivity index (χ1) is 22.3. The third-order valence-electron chi connectivity index (χ3n) is 7.66. The van der Waals surface area contributed by atoms with Gasteiger partial charge in [0.2, 0.25) is 6.79 Å². The van der Waals surface area contributed by atoms with E-state index in [1.165, 1.54) is 18.2 Å². The zero-order valence-corrected chi connectivity index (χ0v) is 26.0. The molecule has 0 saturated carbocycles. The van der Waals surface area contributed by atoms with Crippen LogP contribution in [0.25, 0.3) is 22.6 Å². The lowest BCUT2D eigenvalue weighted by Gasteiger charge is -2.25. The van der Waals surface area contributed by atoms with Gasteiger partial charge in [-0.3, -0.25) is 4.90 Å². The normalized spacial score (nSPS) is 12.8. The number of rotatable bonds is 14. The van der Waals surface area contributed by atoms with E-state index in [1.54, 1.807) is 17.4 Å². The maximum absolute atomic E-state index is 13.8. The van der Waals surface area contributed by atoms with E-state index in [-0.39, 0.29) is 12.5 Å². The summed E-state index contributed by atoms with van der Waals surface area (Å²) >= 11 is 1.60. The summed E-state index contributed by atoms with van der Waals surface area (Å²) in [5.41, 5.74) is 5.50. The summed E-state index contributed by atoms with van der Waals surface area (Å²) in [4.78, 5) is 7.37. The highest BCUT2D eigenvalue weighted by atomic mass is 32.1. The molecule has 0 aliphatic carbocycles. The summed E-state index contributed by atoms with van der Waals surface area (Å²) in [6.45, 7) is 4.31. The zero-order chi connectivity index (χ0) is 32.1. The Balaban J connectivity index is 1.40. The Labute approximate surface area is 268 Å². The fourth-order valence-electron chi connectivity index (χ4n) is 5.49. The number of unbranched alkanes of at least 4 members (excludes halogenated alkanes) is 1. The van der Waals surface area contributed by atoms with Crippen molar-refractivity contribution in [1.29, 1.82) is 0 Å². The number of imidazole rings is 1. The van der Waals surface area contributed by atoms with Crippen LogP contribution in [0.4, 0.5) is 17.6 Å². The summed E-state index contributed by atoms with van der Waals surface area (Å²) in [5, 5.41) is 4.11. The van der Waals surface area contributed by atoms with Crippen molar-refractivity contribution in [1.82, 2.24) is 14.5 Å². The molecule has 11 heteroatoms. The van der Waals surface area contributed by atoms with Gasteiger partial charge in [0.25, 0.3) is 0 Å². The lowest BCUT2D eigenvalue weighted by Crippen LogP contribution is -2.33. The maximum Gasteiger partial charge on any atom is 0.461 e. The van der Waals surface area contributed by atoms with Gasteiger partial charge in [-0.05, 0) is 53.3 Å². The van der Waals surface area contributed by atoms with Crippen LogP contribution in [0.2, 0.25) is 0 Å². The predicted octanol–water partition coefficient (Wildman–Crippen LogP) is 9.25. The van der Waals surface area contributed by atoms with Gasteiger partial charge in [0, 0.05) is 42.7 Å². The highest BCUT2D eigenvalue weighted by molar-refractivity contribution is 7.08. The van der Waals surface area contributed by atoms with Crippen LogP contribution >= 0.6 is 11.3 Å². The van der Waals surface area contributed by atoms with Crippen LogP contribution in [0.15, 0.2) is 89.6 Å². The fraction of sp³-hybridized carbons (Fsp3) is 0.286. The lowest BCUT2D eigenvalue weighted by molar-refractivity contribution is -0.253. The summed E-state index contributed by atoms with van der Waals surface area (Å²) < 4.78 is 71.1. The Hall–Kier alpha value is -4.35. The van der Waals surface area contributed by atoms with Gasteiger partial charge in [0.1, 0.15) is 11.6 Å². The van der Waals surface area contributed by atoms with Crippen LogP contribution in [0.3, 0.4) is 0 Å². The predicted molar refractivity (Wildman–Crippen MR) is 169 cm³/mol. The van der Waals surface area contributed by atoms with Gasteiger partial charge in [0.05, 0.1) is 11.4 Å². The molecular formula is C35H33F4N3O3S. The van der Waals surface area contributed by atoms with Crippen molar-refractivity contribution in [3.8, 4) is 39.9 Å². The SMILES string of the molecule is CCCCn1c(-c2ccccc2)nc(-c2ccsc2)c1CN(Cc1cccc(OC(F)(F)C(F)F)c1)Cc1ccc2c(c1)OCO2. The van der Waals surface area contributed by atoms with E-state index in [1.807, 2.05) is 41.8 Å². The van der Waals surface area contributed by atoms with E-state index < -0.39 is 12.5 Å². The van der Waals surface area contributed by atoms with Crippen LogP contribution in [-0.4, -0.2) is 33.8 Å². The van der Waals surface area contributed by atoms with Gasteiger partial charge in [-0.1, -0.05) is 61.9 Å². The summed E-state index contributed by atoms with van der Waals surface area (Å²) in [6.07, 6.45) is -6.60. The van der Waals surface area contributed by atoms with E-state index >= 15 is 0 Å². The quantitative estimate of drug-likeness (QED) is 0.112. The van der Waals surface area contributed by atoms with Crippen LogP contribution in [0, 0.1) is 0 Å². The number of thiophene rings is 1. The molecule has 46 heavy (non-hydrogen) atoms. The second-order valence-electron chi connectivity index (χ2n) is 11.1. The first-order valence-corrected chi connectivity index (χ1v) is 16.0. The molecule has 0 radical (unpaired) electrons. The maximum atomic E-state index is 13.8. The van der Waals surface area contributed by atoms with Gasteiger partial charge in [-0.25, -0.2) is 4.98 Å². The van der Waals surface area contributed by atoms with Crippen molar-refractivity contribution in [2.45, 2.75) is 58.5 Å². The van der Waals surface area contributed by atoms with Crippen molar-refractivity contribution < 1.29 is 31.8 Å². The van der Waals surface area contributed by atoms with E-state index in [4.69, 9.17) is 14.5 Å². The number of halogens is 4. The van der Waals surface area contributed by atoms with Crippen molar-refractivity contribution >= 4 is 11.3 Å². The van der Waals surface area contributed by atoms with Crippen LogP contribution < -0.4 is 14.2 Å². The Morgan fingerprint density at radius 1 is 0.913 bits per heavy atom. The van der Waals surface area contributed by atoms with E-state index in [0.717, 1.165) is 53.3 Å². The second-order valence-corrected chi connectivity index (χ2v) is 11.8. The molecule has 0 spiro atoms. The average molecular weight is 652 g/mol. The molecule has 0 bridgehead atoms. The lowest BCUT2D eigenvalue weighted by atomic mass is 10.1. The minimum Gasteiger partial charge on any atom is -0.454 e. The van der Waals surface area contributed by atoms with Gasteiger partial charge in [-0.15, -0.1) is 0 Å². The van der Waals surface area contributed by atoms with Crippen LogP contribution in [0.5, 0.6) is 17.2 Å². The monoisotopic (exact) mass is 651 g/mol. The van der Waals surface area contributed by atoms with Crippen LogP contribution in [0.1, 0.15) is 36.6 Å². The molecule has 0 N–H and O–H groups in total. The number of ether oxygens (including phenoxy) is 3. The van der Waals surface area contributed by atoms with Gasteiger partial charge < -0.3 is 18.8 Å². The van der Waals surface area contributed by atoms with Crippen molar-refractivity contribution in [3.63, 3.8) is 0 Å². The molecule has 5 aromatic rings. The zero-order valence-electron chi connectivity index (χ0n) is 25.2.